The van der Waals surface area contributed by atoms with E-state index in [9.17, 15) is 0 Å². The molecule has 1 N–H and O–H groups in total. The highest BCUT2D eigenvalue weighted by molar-refractivity contribution is 7.16. The van der Waals surface area contributed by atoms with Crippen LogP contribution >= 0.6 is 11.3 Å². The first-order valence-corrected chi connectivity index (χ1v) is 6.82. The molecule has 1 atom stereocenters. The minimum absolute atomic E-state index is 0.259. The Morgan fingerprint density at radius 1 is 1.41 bits per heavy atom. The first kappa shape index (κ1) is 11.1. The van der Waals surface area contributed by atoms with Crippen molar-refractivity contribution in [3.8, 4) is 0 Å². The van der Waals surface area contributed by atoms with Gasteiger partial charge in [0.05, 0.1) is 6.04 Å². The lowest BCUT2D eigenvalue weighted by Crippen LogP contribution is -2.39. The third-order valence-electron chi connectivity index (χ3n) is 3.54. The topological polar surface area (TPSA) is 55.1 Å². The van der Waals surface area contributed by atoms with Crippen molar-refractivity contribution in [2.24, 2.45) is 5.41 Å². The summed E-state index contributed by atoms with van der Waals surface area (Å²) in [5, 5.41) is 17.5. The molecule has 92 valence electrons. The molecule has 17 heavy (non-hydrogen) atoms. The van der Waals surface area contributed by atoms with Crippen LogP contribution in [0.3, 0.4) is 0 Å². The summed E-state index contributed by atoms with van der Waals surface area (Å²) in [4.78, 5) is 0.890. The van der Waals surface area contributed by atoms with E-state index in [0.29, 0.717) is 6.04 Å². The van der Waals surface area contributed by atoms with Crippen molar-refractivity contribution in [2.75, 3.05) is 6.54 Å². The molecule has 0 bridgehead atoms. The van der Waals surface area contributed by atoms with E-state index in [1.807, 2.05) is 11.4 Å². The SMILES string of the molecule is Cc1nnc2sc(C3NCCCC3(C)C)nn12. The van der Waals surface area contributed by atoms with E-state index in [-0.39, 0.29) is 5.41 Å². The predicted molar refractivity (Wildman–Crippen MR) is 67.2 cm³/mol. The highest BCUT2D eigenvalue weighted by Gasteiger charge is 2.35. The number of rotatable bonds is 1. The average molecular weight is 251 g/mol. The maximum Gasteiger partial charge on any atom is 0.234 e. The molecule has 6 heteroatoms. The fraction of sp³-hybridized carbons (Fsp3) is 0.727. The lowest BCUT2D eigenvalue weighted by atomic mass is 9.78. The monoisotopic (exact) mass is 251 g/mol. The van der Waals surface area contributed by atoms with Crippen LogP contribution in [0.5, 0.6) is 0 Å². The predicted octanol–water partition coefficient (Wildman–Crippen LogP) is 1.94. The summed E-state index contributed by atoms with van der Waals surface area (Å²) < 4.78 is 1.84. The number of nitrogens with zero attached hydrogens (tertiary/aromatic N) is 4. The molecule has 1 fully saturated rings. The Hall–Kier alpha value is -1.01. The standard InChI is InChI=1S/C11H17N5S/c1-7-13-14-10-16(7)15-9(17-10)8-11(2,3)5-4-6-12-8/h8,12H,4-6H2,1-3H3. The van der Waals surface area contributed by atoms with Crippen LogP contribution in [-0.4, -0.2) is 26.4 Å². The van der Waals surface area contributed by atoms with Crippen molar-refractivity contribution < 1.29 is 0 Å². The molecule has 0 aliphatic carbocycles. The first-order valence-electron chi connectivity index (χ1n) is 6.00. The Kier molecular flexibility index (Phi) is 2.45. The van der Waals surface area contributed by atoms with E-state index < -0.39 is 0 Å². The largest absolute Gasteiger partial charge is 0.307 e. The molecule has 2 aromatic heterocycles. The van der Waals surface area contributed by atoms with E-state index in [2.05, 4.69) is 34.5 Å². The van der Waals surface area contributed by atoms with Gasteiger partial charge in [0.2, 0.25) is 4.96 Å². The zero-order valence-electron chi connectivity index (χ0n) is 10.4. The van der Waals surface area contributed by atoms with E-state index in [1.54, 1.807) is 11.3 Å². The van der Waals surface area contributed by atoms with Crippen LogP contribution in [0, 0.1) is 12.3 Å². The maximum absolute atomic E-state index is 4.64. The lowest BCUT2D eigenvalue weighted by Gasteiger charge is -2.37. The van der Waals surface area contributed by atoms with Crippen LogP contribution in [0.25, 0.3) is 4.96 Å². The summed E-state index contributed by atoms with van der Waals surface area (Å²) in [5.41, 5.74) is 0.259. The molecule has 0 spiro atoms. The molecule has 0 amide bonds. The van der Waals surface area contributed by atoms with Crippen molar-refractivity contribution in [2.45, 2.75) is 39.7 Å². The van der Waals surface area contributed by atoms with Gasteiger partial charge in [-0.25, -0.2) is 0 Å². The Bertz CT molecular complexity index is 541. The maximum atomic E-state index is 4.64. The summed E-state index contributed by atoms with van der Waals surface area (Å²) >= 11 is 1.64. The molecule has 3 rings (SSSR count). The smallest absolute Gasteiger partial charge is 0.234 e. The Morgan fingerprint density at radius 3 is 2.94 bits per heavy atom. The second-order valence-corrected chi connectivity index (χ2v) is 6.35. The van der Waals surface area contributed by atoms with Crippen molar-refractivity contribution in [3.05, 3.63) is 10.8 Å². The molecular formula is C11H17N5S. The molecule has 0 aromatic carbocycles. The molecule has 1 aliphatic heterocycles. The van der Waals surface area contributed by atoms with Crippen LogP contribution in [0.15, 0.2) is 0 Å². The summed E-state index contributed by atoms with van der Waals surface area (Å²) in [6, 6.07) is 0.336. The average Bonchev–Trinajstić information content (AvgIpc) is 2.81. The van der Waals surface area contributed by atoms with E-state index >= 15 is 0 Å². The summed E-state index contributed by atoms with van der Waals surface area (Å²) in [7, 11) is 0. The summed E-state index contributed by atoms with van der Waals surface area (Å²) in [5.74, 6) is 0.858. The molecule has 3 heterocycles. The van der Waals surface area contributed by atoms with Crippen LogP contribution in [0.1, 0.15) is 43.6 Å². The van der Waals surface area contributed by atoms with Crippen molar-refractivity contribution in [1.82, 2.24) is 25.1 Å². The number of aromatic nitrogens is 4. The number of hydrogen-bond donors (Lipinski definition) is 1. The van der Waals surface area contributed by atoms with Crippen molar-refractivity contribution >= 4 is 16.3 Å². The number of hydrogen-bond acceptors (Lipinski definition) is 5. The normalized spacial score (nSPS) is 24.3. The second-order valence-electron chi connectivity index (χ2n) is 5.36. The molecular weight excluding hydrogens is 234 g/mol. The Labute approximate surface area is 104 Å². The van der Waals surface area contributed by atoms with Gasteiger partial charge in [0.1, 0.15) is 5.01 Å². The Morgan fingerprint density at radius 2 is 2.24 bits per heavy atom. The number of fused-ring (bicyclic) bond motifs is 1. The van der Waals surface area contributed by atoms with E-state index in [0.717, 1.165) is 22.3 Å². The van der Waals surface area contributed by atoms with Gasteiger partial charge in [0.25, 0.3) is 0 Å². The van der Waals surface area contributed by atoms with Gasteiger partial charge in [-0.3, -0.25) is 0 Å². The third kappa shape index (κ3) is 1.75. The van der Waals surface area contributed by atoms with Gasteiger partial charge >= 0.3 is 0 Å². The lowest BCUT2D eigenvalue weighted by molar-refractivity contribution is 0.180. The highest BCUT2D eigenvalue weighted by Crippen LogP contribution is 2.41. The molecule has 1 saturated heterocycles. The molecule has 2 aromatic rings. The van der Waals surface area contributed by atoms with Crippen LogP contribution in [-0.2, 0) is 0 Å². The zero-order valence-corrected chi connectivity index (χ0v) is 11.2. The molecule has 0 saturated carbocycles. The highest BCUT2D eigenvalue weighted by atomic mass is 32.1. The third-order valence-corrected chi connectivity index (χ3v) is 4.50. The van der Waals surface area contributed by atoms with Crippen molar-refractivity contribution in [1.29, 1.82) is 0 Å². The van der Waals surface area contributed by atoms with Gasteiger partial charge < -0.3 is 5.32 Å². The van der Waals surface area contributed by atoms with Gasteiger partial charge in [-0.1, -0.05) is 25.2 Å². The van der Waals surface area contributed by atoms with Crippen LogP contribution < -0.4 is 5.32 Å². The quantitative estimate of drug-likeness (QED) is 0.841. The minimum atomic E-state index is 0.259. The molecule has 0 radical (unpaired) electrons. The van der Waals surface area contributed by atoms with Gasteiger partial charge in [0.15, 0.2) is 5.82 Å². The Balaban J connectivity index is 2.02. The summed E-state index contributed by atoms with van der Waals surface area (Å²) in [6.07, 6.45) is 2.48. The fourth-order valence-electron chi connectivity index (χ4n) is 2.48. The zero-order chi connectivity index (χ0) is 12.0. The minimum Gasteiger partial charge on any atom is -0.307 e. The number of nitrogens with one attached hydrogen (secondary N) is 1. The number of aryl methyl sites for hydroxylation is 1. The van der Waals surface area contributed by atoms with Gasteiger partial charge in [-0.2, -0.15) is 9.61 Å². The van der Waals surface area contributed by atoms with Crippen molar-refractivity contribution in [3.63, 3.8) is 0 Å². The van der Waals surface area contributed by atoms with Gasteiger partial charge in [-0.05, 0) is 31.7 Å². The van der Waals surface area contributed by atoms with Crippen LogP contribution in [0.2, 0.25) is 0 Å². The van der Waals surface area contributed by atoms with E-state index in [1.165, 1.54) is 12.8 Å². The van der Waals surface area contributed by atoms with Gasteiger partial charge in [-0.15, -0.1) is 10.2 Å². The first-order chi connectivity index (χ1) is 8.08. The molecule has 1 aliphatic rings. The molecule has 5 nitrogen and oxygen atoms in total. The number of piperidine rings is 1. The van der Waals surface area contributed by atoms with E-state index in [4.69, 9.17) is 0 Å². The second kappa shape index (κ2) is 3.74. The molecule has 1 unspecified atom stereocenters. The van der Waals surface area contributed by atoms with Crippen LogP contribution in [0.4, 0.5) is 0 Å². The van der Waals surface area contributed by atoms with Gasteiger partial charge in [0, 0.05) is 0 Å². The summed E-state index contributed by atoms with van der Waals surface area (Å²) in [6.45, 7) is 7.62. The fourth-order valence-corrected chi connectivity index (χ4v) is 3.65.